The highest BCUT2D eigenvalue weighted by molar-refractivity contribution is 5.92. The van der Waals surface area contributed by atoms with Gasteiger partial charge in [0.1, 0.15) is 13.1 Å². The van der Waals surface area contributed by atoms with Crippen LogP contribution in [0.4, 0.5) is 9.59 Å². The molecular weight excluding hydrogens is 560 g/mol. The lowest BCUT2D eigenvalue weighted by molar-refractivity contribution is -0.701. The lowest BCUT2D eigenvalue weighted by Crippen LogP contribution is -2.47. The fourth-order valence-corrected chi connectivity index (χ4v) is 5.01. The highest BCUT2D eigenvalue weighted by atomic mass is 17.0. The number of hydroxylamine groups is 2. The highest BCUT2D eigenvalue weighted by Crippen LogP contribution is 2.14. The number of amides is 4. The third kappa shape index (κ3) is 18.8. The molecule has 0 bridgehead atoms. The average molecular weight is 622 g/mol. The second-order valence-electron chi connectivity index (χ2n) is 11.4. The van der Waals surface area contributed by atoms with Crippen LogP contribution in [0, 0.1) is 0 Å². The average Bonchev–Trinajstić information content (AvgIpc) is 3.02. The molecule has 0 aromatic carbocycles. The van der Waals surface area contributed by atoms with Crippen LogP contribution in [0.1, 0.15) is 136 Å². The number of alkyl carbamates (subject to hydrolysis) is 1. The molecule has 0 fully saturated rings. The zero-order valence-electron chi connectivity index (χ0n) is 28.2. The van der Waals surface area contributed by atoms with E-state index in [1.807, 2.05) is 35.9 Å². The van der Waals surface area contributed by atoms with Gasteiger partial charge in [-0.25, -0.2) is 23.8 Å². The molecule has 0 atom stereocenters. The number of nitrogens with zero attached hydrogens (tertiary/aromatic N) is 3. The van der Waals surface area contributed by atoms with Crippen molar-refractivity contribution < 1.29 is 33.4 Å². The van der Waals surface area contributed by atoms with Gasteiger partial charge in [-0.3, -0.25) is 9.69 Å². The van der Waals surface area contributed by atoms with Gasteiger partial charge in [0.2, 0.25) is 11.6 Å². The topological polar surface area (TPSA) is 101 Å². The van der Waals surface area contributed by atoms with Gasteiger partial charge in [-0.15, -0.1) is 0 Å². The van der Waals surface area contributed by atoms with Crippen molar-refractivity contribution in [1.82, 2.24) is 15.4 Å². The molecule has 0 saturated carbocycles. The van der Waals surface area contributed by atoms with Crippen molar-refractivity contribution in [2.75, 3.05) is 26.9 Å². The van der Waals surface area contributed by atoms with Gasteiger partial charge in [-0.1, -0.05) is 115 Å². The molecule has 1 heterocycles. The molecule has 0 aliphatic carbocycles. The van der Waals surface area contributed by atoms with Crippen molar-refractivity contribution in [2.24, 2.45) is 0 Å². The van der Waals surface area contributed by atoms with Crippen molar-refractivity contribution in [3.8, 4) is 0 Å². The van der Waals surface area contributed by atoms with Gasteiger partial charge in [0.05, 0.1) is 20.3 Å². The Kier molecular flexibility index (Phi) is 23.8. The van der Waals surface area contributed by atoms with Crippen molar-refractivity contribution in [1.29, 1.82) is 0 Å². The van der Waals surface area contributed by atoms with Crippen LogP contribution < -0.4 is 9.88 Å². The van der Waals surface area contributed by atoms with Crippen LogP contribution in [0.15, 0.2) is 24.4 Å². The minimum Gasteiger partial charge on any atom is -0.449 e. The summed E-state index contributed by atoms with van der Waals surface area (Å²) in [5, 5.41) is 3.46. The number of urea groups is 1. The number of imide groups is 1. The third-order valence-corrected chi connectivity index (χ3v) is 7.66. The lowest BCUT2D eigenvalue weighted by atomic mass is 10.0. The van der Waals surface area contributed by atoms with Gasteiger partial charge < -0.3 is 10.1 Å². The summed E-state index contributed by atoms with van der Waals surface area (Å²) in [5.74, 6) is -0.434. The van der Waals surface area contributed by atoms with Crippen LogP contribution in [0.5, 0.6) is 0 Å². The summed E-state index contributed by atoms with van der Waals surface area (Å²) in [5.41, 5.74) is 0.800. The van der Waals surface area contributed by atoms with Gasteiger partial charge >= 0.3 is 12.1 Å². The van der Waals surface area contributed by atoms with Crippen molar-refractivity contribution in [3.63, 3.8) is 0 Å². The number of carbonyl (C=O) groups is 3. The van der Waals surface area contributed by atoms with Crippen molar-refractivity contribution >= 4 is 18.0 Å². The number of carbonyl (C=O) groups excluding carboxylic acids is 3. The molecule has 4 amide bonds. The molecule has 1 aromatic rings. The van der Waals surface area contributed by atoms with Crippen molar-refractivity contribution in [3.05, 3.63) is 30.1 Å². The molecule has 0 spiro atoms. The number of ether oxygens (including phenoxy) is 1. The maximum Gasteiger partial charge on any atom is 0.407 e. The Labute approximate surface area is 266 Å². The molecular formula is C34H61N4O6+. The third-order valence-electron chi connectivity index (χ3n) is 7.66. The minimum atomic E-state index is -0.732. The van der Waals surface area contributed by atoms with E-state index in [0.29, 0.717) is 24.7 Å². The van der Waals surface area contributed by atoms with Crippen molar-refractivity contribution in [2.45, 2.75) is 143 Å². The summed E-state index contributed by atoms with van der Waals surface area (Å²) >= 11 is 0. The standard InChI is InChI=1S/C34H60N4O6/c1-5-7-8-9-10-11-12-13-14-15-16-17-18-19-20-22-26-35-33(40)43-28-24-29-44-38(42-4)34(41)37(31(3)39)30-32-25-21-23-27-36(32)6-2/h21,23,25,27H,5-20,22,24,26,28-30H2,1-4H3/p+1. The van der Waals surface area contributed by atoms with Gasteiger partial charge in [0, 0.05) is 32.0 Å². The fourth-order valence-electron chi connectivity index (χ4n) is 5.01. The molecule has 1 rings (SSSR count). The predicted octanol–water partition coefficient (Wildman–Crippen LogP) is 7.64. The molecule has 10 heteroatoms. The normalized spacial score (nSPS) is 10.9. The number of aromatic nitrogens is 1. The number of aryl methyl sites for hydroxylation is 1. The molecule has 1 aromatic heterocycles. The highest BCUT2D eigenvalue weighted by Gasteiger charge is 2.28. The van der Waals surface area contributed by atoms with Crippen LogP contribution in [0.3, 0.4) is 0 Å². The predicted molar refractivity (Wildman–Crippen MR) is 172 cm³/mol. The van der Waals surface area contributed by atoms with E-state index in [0.717, 1.165) is 23.4 Å². The van der Waals surface area contributed by atoms with Crippen LogP contribution in [0.25, 0.3) is 0 Å². The van der Waals surface area contributed by atoms with E-state index in [9.17, 15) is 14.4 Å². The summed E-state index contributed by atoms with van der Waals surface area (Å²) in [6.07, 6.45) is 22.8. The van der Waals surface area contributed by atoms with Gasteiger partial charge in [-0.2, -0.15) is 0 Å². The number of rotatable bonds is 26. The molecule has 44 heavy (non-hydrogen) atoms. The van der Waals surface area contributed by atoms with E-state index >= 15 is 0 Å². The molecule has 0 unspecified atom stereocenters. The molecule has 252 valence electrons. The summed E-state index contributed by atoms with van der Waals surface area (Å²) in [4.78, 5) is 48.6. The number of hydrogen-bond acceptors (Lipinski definition) is 6. The van der Waals surface area contributed by atoms with Gasteiger partial charge in [0.25, 0.3) is 0 Å². The van der Waals surface area contributed by atoms with Crippen LogP contribution in [-0.4, -0.2) is 55.0 Å². The van der Waals surface area contributed by atoms with Gasteiger partial charge in [0.15, 0.2) is 6.20 Å². The first-order valence-corrected chi connectivity index (χ1v) is 17.1. The number of nitrogens with one attached hydrogen (secondary N) is 1. The first-order valence-electron chi connectivity index (χ1n) is 17.1. The monoisotopic (exact) mass is 621 g/mol. The summed E-state index contributed by atoms with van der Waals surface area (Å²) in [6.45, 7) is 7.15. The largest absolute Gasteiger partial charge is 0.449 e. The van der Waals surface area contributed by atoms with E-state index in [2.05, 4.69) is 12.2 Å². The lowest BCUT2D eigenvalue weighted by Gasteiger charge is -2.25. The Morgan fingerprint density at radius 3 is 1.86 bits per heavy atom. The first kappa shape index (κ1) is 39.3. The van der Waals surface area contributed by atoms with E-state index < -0.39 is 18.0 Å². The minimum absolute atomic E-state index is 0.0675. The number of unbranched alkanes of at least 4 members (excludes halogenated alkanes) is 15. The van der Waals surface area contributed by atoms with Crippen LogP contribution in [0.2, 0.25) is 0 Å². The SMILES string of the molecule is CCCCCCCCCCCCCCCCCCNC(=O)OCCCON(OC)C(=O)N(Cc1cccc[n+]1CC)C(C)=O. The Bertz CT molecular complexity index is 900. The van der Waals surface area contributed by atoms with Gasteiger partial charge in [-0.05, 0) is 13.3 Å². The Morgan fingerprint density at radius 1 is 0.773 bits per heavy atom. The molecule has 1 N–H and O–H groups in total. The molecule has 10 nitrogen and oxygen atoms in total. The zero-order valence-corrected chi connectivity index (χ0v) is 28.2. The van der Waals surface area contributed by atoms with E-state index in [-0.39, 0.29) is 19.8 Å². The molecule has 0 aliphatic heterocycles. The molecule has 0 saturated heterocycles. The zero-order chi connectivity index (χ0) is 32.3. The smallest absolute Gasteiger partial charge is 0.407 e. The second kappa shape index (κ2) is 26.7. The van der Waals surface area contributed by atoms with E-state index in [1.54, 1.807) is 0 Å². The Morgan fingerprint density at radius 2 is 1.34 bits per heavy atom. The maximum atomic E-state index is 12.9. The molecule has 0 aliphatic rings. The number of pyridine rings is 1. The quantitative estimate of drug-likeness (QED) is 0.0648. The fraction of sp³-hybridized carbons (Fsp3) is 0.765. The summed E-state index contributed by atoms with van der Waals surface area (Å²) in [7, 11) is 1.29. The maximum absolute atomic E-state index is 12.9. The van der Waals surface area contributed by atoms with Crippen LogP contribution in [-0.2, 0) is 32.3 Å². The van der Waals surface area contributed by atoms with E-state index in [4.69, 9.17) is 14.4 Å². The number of hydrogen-bond donors (Lipinski definition) is 1. The van der Waals surface area contributed by atoms with Crippen LogP contribution >= 0.6 is 0 Å². The Balaban J connectivity index is 2.05. The second-order valence-corrected chi connectivity index (χ2v) is 11.4. The Hall–Kier alpha value is -2.72. The first-order chi connectivity index (χ1) is 21.4. The summed E-state index contributed by atoms with van der Waals surface area (Å²) < 4.78 is 7.14. The van der Waals surface area contributed by atoms with E-state index in [1.165, 1.54) is 104 Å². The summed E-state index contributed by atoms with van der Waals surface area (Å²) in [6, 6.07) is 4.87. The molecule has 0 radical (unpaired) electrons.